The number of carbonyl (C=O) groups is 4. The minimum Gasteiger partial charge on any atom is -0.480 e. The number of nitrogens with one attached hydrogen (secondary N) is 3. The minimum atomic E-state index is -1.16. The molecule has 1 fully saturated rings. The number of rotatable bonds is 11. The first kappa shape index (κ1) is 27.5. The van der Waals surface area contributed by atoms with E-state index in [2.05, 4.69) is 28.2 Å². The van der Waals surface area contributed by atoms with Gasteiger partial charge in [0.15, 0.2) is 0 Å². The average Bonchev–Trinajstić information content (AvgIpc) is 3.53. The molecule has 0 radical (unpaired) electrons. The highest BCUT2D eigenvalue weighted by Gasteiger charge is 2.40. The summed E-state index contributed by atoms with van der Waals surface area (Å²) in [5, 5.41) is 16.1. The van der Waals surface area contributed by atoms with Crippen molar-refractivity contribution in [2.24, 2.45) is 11.7 Å². The van der Waals surface area contributed by atoms with E-state index in [-0.39, 0.29) is 24.0 Å². The van der Waals surface area contributed by atoms with Crippen molar-refractivity contribution in [2.75, 3.05) is 12.3 Å². The Balaban J connectivity index is 1.74. The number of carboxylic acid groups (broad SMARTS) is 1. The molecule has 196 valence electrons. The molecule has 2 heterocycles. The summed E-state index contributed by atoms with van der Waals surface area (Å²) in [7, 11) is 0. The van der Waals surface area contributed by atoms with Gasteiger partial charge in [0.1, 0.15) is 18.1 Å². The molecule has 1 aromatic heterocycles. The molecule has 0 saturated carbocycles. The van der Waals surface area contributed by atoms with E-state index in [1.807, 2.05) is 38.1 Å². The van der Waals surface area contributed by atoms with Gasteiger partial charge in [0.05, 0.1) is 6.04 Å². The molecule has 1 saturated heterocycles. The second-order valence-corrected chi connectivity index (χ2v) is 9.68. The summed E-state index contributed by atoms with van der Waals surface area (Å²) in [6.45, 7) is 4.10. The number of hydrogen-bond donors (Lipinski definition) is 6. The molecule has 36 heavy (non-hydrogen) atoms. The summed E-state index contributed by atoms with van der Waals surface area (Å²) < 4.78 is 0. The third kappa shape index (κ3) is 6.19. The molecular weight excluding hydrogens is 482 g/mol. The lowest BCUT2D eigenvalue weighted by molar-refractivity contribution is -0.145. The highest BCUT2D eigenvalue weighted by molar-refractivity contribution is 7.80. The van der Waals surface area contributed by atoms with Gasteiger partial charge < -0.3 is 31.4 Å². The predicted molar refractivity (Wildman–Crippen MR) is 140 cm³/mol. The van der Waals surface area contributed by atoms with Crippen LogP contribution in [0, 0.1) is 5.92 Å². The van der Waals surface area contributed by atoms with E-state index in [0.717, 1.165) is 16.5 Å². The molecule has 10 nitrogen and oxygen atoms in total. The van der Waals surface area contributed by atoms with Crippen molar-refractivity contribution in [3.63, 3.8) is 0 Å². The van der Waals surface area contributed by atoms with Crippen LogP contribution in [0.5, 0.6) is 0 Å². The molecule has 5 atom stereocenters. The molecular formula is C25H35N5O5S. The fraction of sp³-hybridized carbons (Fsp3) is 0.520. The summed E-state index contributed by atoms with van der Waals surface area (Å²) in [6.07, 6.45) is 3.48. The number of nitrogens with two attached hydrogens (primary N) is 1. The molecule has 1 aromatic carbocycles. The summed E-state index contributed by atoms with van der Waals surface area (Å²) in [6, 6.07) is 3.86. The lowest BCUT2D eigenvalue weighted by Crippen LogP contribution is -2.58. The van der Waals surface area contributed by atoms with Crippen LogP contribution in [0.3, 0.4) is 0 Å². The summed E-state index contributed by atoms with van der Waals surface area (Å²) in [4.78, 5) is 55.7. The number of aromatic nitrogens is 1. The molecule has 0 bridgehead atoms. The van der Waals surface area contributed by atoms with Crippen LogP contribution in [0.15, 0.2) is 30.5 Å². The van der Waals surface area contributed by atoms with Crippen molar-refractivity contribution >= 4 is 47.2 Å². The second-order valence-electron chi connectivity index (χ2n) is 9.31. The Kier molecular flexibility index (Phi) is 9.38. The van der Waals surface area contributed by atoms with E-state index in [1.54, 1.807) is 6.20 Å². The molecule has 1 aliphatic heterocycles. The van der Waals surface area contributed by atoms with Crippen molar-refractivity contribution < 1.29 is 24.3 Å². The maximum Gasteiger partial charge on any atom is 0.326 e. The van der Waals surface area contributed by atoms with Crippen molar-refractivity contribution in [3.05, 3.63) is 36.0 Å². The van der Waals surface area contributed by atoms with Crippen LogP contribution >= 0.6 is 12.6 Å². The normalized spacial score (nSPS) is 18.9. The molecule has 2 aromatic rings. The number of fused-ring (bicyclic) bond motifs is 1. The third-order valence-electron chi connectivity index (χ3n) is 6.86. The average molecular weight is 518 g/mol. The van der Waals surface area contributed by atoms with E-state index >= 15 is 0 Å². The van der Waals surface area contributed by atoms with E-state index in [0.29, 0.717) is 25.8 Å². The first-order chi connectivity index (χ1) is 17.2. The van der Waals surface area contributed by atoms with Gasteiger partial charge in [-0.05, 0) is 30.4 Å². The number of carbonyl (C=O) groups excluding carboxylic acids is 3. The third-order valence-corrected chi connectivity index (χ3v) is 7.26. The van der Waals surface area contributed by atoms with Gasteiger partial charge in [-0.3, -0.25) is 14.4 Å². The molecule has 3 rings (SSSR count). The number of H-pyrrole nitrogens is 1. The number of aromatic amines is 1. The lowest BCUT2D eigenvalue weighted by atomic mass is 9.97. The van der Waals surface area contributed by atoms with Crippen molar-refractivity contribution in [2.45, 2.75) is 63.7 Å². The largest absolute Gasteiger partial charge is 0.480 e. The van der Waals surface area contributed by atoms with E-state index in [9.17, 15) is 24.3 Å². The van der Waals surface area contributed by atoms with Gasteiger partial charge in [0, 0.05) is 35.8 Å². The summed E-state index contributed by atoms with van der Waals surface area (Å²) >= 11 is 4.05. The molecule has 11 heteroatoms. The number of para-hydroxylation sites is 1. The van der Waals surface area contributed by atoms with Gasteiger partial charge in [0.2, 0.25) is 17.7 Å². The van der Waals surface area contributed by atoms with E-state index in [4.69, 9.17) is 5.73 Å². The number of likely N-dealkylation sites (tertiary alicyclic amines) is 1. The highest BCUT2D eigenvalue weighted by atomic mass is 32.1. The van der Waals surface area contributed by atoms with Crippen LogP contribution in [0.4, 0.5) is 0 Å². The number of nitrogens with zero attached hydrogens (tertiary/aromatic N) is 1. The quantitative estimate of drug-likeness (QED) is 0.245. The number of aliphatic carboxylic acids is 1. The Morgan fingerprint density at radius 2 is 1.97 bits per heavy atom. The topological polar surface area (TPSA) is 158 Å². The fourth-order valence-corrected chi connectivity index (χ4v) is 4.66. The number of amides is 3. The van der Waals surface area contributed by atoms with Crippen LogP contribution < -0.4 is 16.4 Å². The number of thiol groups is 1. The van der Waals surface area contributed by atoms with Crippen LogP contribution in [0.25, 0.3) is 10.9 Å². The highest BCUT2D eigenvalue weighted by Crippen LogP contribution is 2.23. The van der Waals surface area contributed by atoms with Crippen molar-refractivity contribution in [3.8, 4) is 0 Å². The Hall–Kier alpha value is -3.05. The Morgan fingerprint density at radius 3 is 2.64 bits per heavy atom. The van der Waals surface area contributed by atoms with E-state index in [1.165, 1.54) is 4.90 Å². The van der Waals surface area contributed by atoms with Crippen LogP contribution in [-0.4, -0.2) is 75.1 Å². The van der Waals surface area contributed by atoms with Gasteiger partial charge in [0.25, 0.3) is 0 Å². The number of hydrogen-bond acceptors (Lipinski definition) is 6. The van der Waals surface area contributed by atoms with Gasteiger partial charge in [-0.15, -0.1) is 0 Å². The zero-order valence-electron chi connectivity index (χ0n) is 20.6. The molecule has 0 aliphatic carbocycles. The minimum absolute atomic E-state index is 0.0962. The Morgan fingerprint density at radius 1 is 1.25 bits per heavy atom. The fourth-order valence-electron chi connectivity index (χ4n) is 4.50. The molecule has 1 aliphatic rings. The zero-order chi connectivity index (χ0) is 26.4. The first-order valence-corrected chi connectivity index (χ1v) is 12.9. The van der Waals surface area contributed by atoms with Gasteiger partial charge in [-0.1, -0.05) is 38.5 Å². The Labute approximate surface area is 215 Å². The maximum atomic E-state index is 13.5. The summed E-state index contributed by atoms with van der Waals surface area (Å²) in [5.41, 5.74) is 7.43. The van der Waals surface area contributed by atoms with Crippen LogP contribution in [0.2, 0.25) is 0 Å². The van der Waals surface area contributed by atoms with Gasteiger partial charge in [-0.2, -0.15) is 12.6 Å². The Bertz CT molecular complexity index is 1110. The maximum absolute atomic E-state index is 13.5. The molecule has 5 unspecified atom stereocenters. The zero-order valence-corrected chi connectivity index (χ0v) is 21.5. The molecule has 6 N–H and O–H groups in total. The smallest absolute Gasteiger partial charge is 0.326 e. The number of benzene rings is 1. The summed E-state index contributed by atoms with van der Waals surface area (Å²) in [5.74, 6) is -2.58. The van der Waals surface area contributed by atoms with Gasteiger partial charge >= 0.3 is 5.97 Å². The van der Waals surface area contributed by atoms with Crippen LogP contribution in [-0.2, 0) is 25.6 Å². The standard InChI is InChI=1S/C25H35N5O5S/c1-3-14(2)21(29-22(31)17(26)13-36)24(33)30-10-6-9-20(30)23(32)28-19(25(34)35)11-15-12-27-18-8-5-4-7-16(15)18/h4-5,7-8,12,14,17,19-21,27,36H,3,6,9-11,13,26H2,1-2H3,(H,28,32)(H,29,31)(H,34,35). The SMILES string of the molecule is CCC(C)C(NC(=O)C(N)CS)C(=O)N1CCCC1C(=O)NC(Cc1c[nH]c2ccccc12)C(=O)O. The number of carboxylic acids is 1. The van der Waals surface area contributed by atoms with Crippen LogP contribution in [0.1, 0.15) is 38.7 Å². The molecule has 3 amide bonds. The monoisotopic (exact) mass is 517 g/mol. The lowest BCUT2D eigenvalue weighted by Gasteiger charge is -2.32. The van der Waals surface area contributed by atoms with Crippen molar-refractivity contribution in [1.82, 2.24) is 20.5 Å². The van der Waals surface area contributed by atoms with Gasteiger partial charge in [-0.25, -0.2) is 4.79 Å². The second kappa shape index (κ2) is 12.3. The molecule has 0 spiro atoms. The van der Waals surface area contributed by atoms with Crippen molar-refractivity contribution in [1.29, 1.82) is 0 Å². The van der Waals surface area contributed by atoms with E-state index < -0.39 is 42.0 Å². The first-order valence-electron chi connectivity index (χ1n) is 12.2. The predicted octanol–water partition coefficient (Wildman–Crippen LogP) is 1.06.